The lowest BCUT2D eigenvalue weighted by molar-refractivity contribution is -0.140. The SMILES string of the molecule is CCC(C(=O)NC(C)C)N(Cc1ccc(Cl)cc1Cl)C(=O)CN(c1ccc(Cl)c(C(F)(F)F)c1)S(=O)(=O)c1ccccc1. The number of sulfonamides is 1. The van der Waals surface area contributed by atoms with Crippen molar-refractivity contribution in [1.82, 2.24) is 10.2 Å². The van der Waals surface area contributed by atoms with Gasteiger partial charge in [0.25, 0.3) is 10.0 Å². The number of hydrogen-bond donors (Lipinski definition) is 1. The van der Waals surface area contributed by atoms with E-state index in [0.717, 1.165) is 17.0 Å². The first-order chi connectivity index (χ1) is 20.1. The average molecular weight is 679 g/mol. The molecule has 3 aromatic rings. The molecule has 0 heterocycles. The number of amides is 2. The van der Waals surface area contributed by atoms with Crippen LogP contribution < -0.4 is 9.62 Å². The maximum atomic E-state index is 14.0. The number of benzene rings is 3. The van der Waals surface area contributed by atoms with Crippen LogP contribution in [0.3, 0.4) is 0 Å². The molecule has 14 heteroatoms. The number of carbonyl (C=O) groups excluding carboxylic acids is 2. The predicted molar refractivity (Wildman–Crippen MR) is 162 cm³/mol. The van der Waals surface area contributed by atoms with Gasteiger partial charge in [-0.25, -0.2) is 8.42 Å². The normalized spacial score (nSPS) is 12.6. The topological polar surface area (TPSA) is 86.8 Å². The molecule has 1 atom stereocenters. The summed E-state index contributed by atoms with van der Waals surface area (Å²) >= 11 is 18.2. The zero-order valence-electron chi connectivity index (χ0n) is 23.3. The van der Waals surface area contributed by atoms with Crippen molar-refractivity contribution in [1.29, 1.82) is 0 Å². The molecule has 0 aromatic heterocycles. The third kappa shape index (κ3) is 8.56. The van der Waals surface area contributed by atoms with Gasteiger partial charge < -0.3 is 10.2 Å². The van der Waals surface area contributed by atoms with E-state index in [1.165, 1.54) is 30.3 Å². The number of hydrogen-bond acceptors (Lipinski definition) is 4. The Labute approximate surface area is 263 Å². The van der Waals surface area contributed by atoms with Gasteiger partial charge in [0.05, 0.1) is 21.2 Å². The minimum absolute atomic E-state index is 0.139. The van der Waals surface area contributed by atoms with E-state index < -0.39 is 56.9 Å². The van der Waals surface area contributed by atoms with Crippen LogP contribution in [0.2, 0.25) is 15.1 Å². The average Bonchev–Trinajstić information content (AvgIpc) is 2.92. The molecule has 0 bridgehead atoms. The molecule has 0 aliphatic carbocycles. The van der Waals surface area contributed by atoms with Crippen LogP contribution in [0.25, 0.3) is 0 Å². The van der Waals surface area contributed by atoms with Crippen LogP contribution in [0.1, 0.15) is 38.3 Å². The summed E-state index contributed by atoms with van der Waals surface area (Å²) in [5, 5.41) is 2.64. The molecule has 1 unspecified atom stereocenters. The summed E-state index contributed by atoms with van der Waals surface area (Å²) in [5.74, 6) is -1.36. The number of rotatable bonds is 11. The van der Waals surface area contributed by atoms with E-state index >= 15 is 0 Å². The van der Waals surface area contributed by atoms with Crippen molar-refractivity contribution in [2.24, 2.45) is 0 Å². The van der Waals surface area contributed by atoms with Crippen LogP contribution in [0.4, 0.5) is 18.9 Å². The van der Waals surface area contributed by atoms with Crippen LogP contribution in [0.15, 0.2) is 71.6 Å². The van der Waals surface area contributed by atoms with Crippen LogP contribution in [-0.4, -0.2) is 43.8 Å². The van der Waals surface area contributed by atoms with Gasteiger partial charge in [-0.3, -0.25) is 13.9 Å². The second-order valence-corrected chi connectivity index (χ2v) is 12.9. The highest BCUT2D eigenvalue weighted by molar-refractivity contribution is 7.92. The molecule has 1 N–H and O–H groups in total. The second-order valence-electron chi connectivity index (χ2n) is 9.83. The number of anilines is 1. The maximum absolute atomic E-state index is 14.0. The molecule has 0 saturated heterocycles. The fraction of sp³-hybridized carbons (Fsp3) is 0.310. The fourth-order valence-corrected chi connectivity index (χ4v) is 6.39. The lowest BCUT2D eigenvalue weighted by Crippen LogP contribution is -2.53. The quantitative estimate of drug-likeness (QED) is 0.233. The smallest absolute Gasteiger partial charge is 0.352 e. The Bertz CT molecular complexity index is 1570. The van der Waals surface area contributed by atoms with Gasteiger partial charge in [-0.05, 0) is 68.3 Å². The van der Waals surface area contributed by atoms with Crippen molar-refractivity contribution in [2.75, 3.05) is 10.8 Å². The third-order valence-corrected chi connectivity index (χ3v) is 9.03. The summed E-state index contributed by atoms with van der Waals surface area (Å²) < 4.78 is 69.5. The lowest BCUT2D eigenvalue weighted by Gasteiger charge is -2.34. The van der Waals surface area contributed by atoms with Gasteiger partial charge in [-0.15, -0.1) is 0 Å². The first-order valence-corrected chi connectivity index (χ1v) is 15.6. The predicted octanol–water partition coefficient (Wildman–Crippen LogP) is 7.19. The molecule has 232 valence electrons. The standard InChI is InChI=1S/C29H29Cl3F3N3O4S/c1-4-26(28(40)36-18(2)3)37(16-19-10-11-20(30)14-25(19)32)27(39)17-38(43(41,42)22-8-6-5-7-9-22)21-12-13-24(31)23(15-21)29(33,34)35/h5-15,18,26H,4,16-17H2,1-3H3,(H,36,40). The van der Waals surface area contributed by atoms with Gasteiger partial charge >= 0.3 is 6.18 Å². The van der Waals surface area contributed by atoms with Gasteiger partial charge in [0.2, 0.25) is 11.8 Å². The number of nitrogens with one attached hydrogen (secondary N) is 1. The van der Waals surface area contributed by atoms with Crippen LogP contribution in [0, 0.1) is 0 Å². The number of halogens is 6. The summed E-state index contributed by atoms with van der Waals surface area (Å²) in [5.41, 5.74) is -1.31. The van der Waals surface area contributed by atoms with Crippen LogP contribution >= 0.6 is 34.8 Å². The number of nitrogens with zero attached hydrogens (tertiary/aromatic N) is 2. The molecule has 0 fully saturated rings. The summed E-state index contributed by atoms with van der Waals surface area (Å²) in [6, 6.07) is 12.7. The third-order valence-electron chi connectivity index (χ3n) is 6.33. The van der Waals surface area contributed by atoms with Crippen molar-refractivity contribution in [3.05, 3.63) is 92.9 Å². The Balaban J connectivity index is 2.16. The Morgan fingerprint density at radius 1 is 0.930 bits per heavy atom. The van der Waals surface area contributed by atoms with E-state index in [1.807, 2.05) is 0 Å². The molecule has 2 amide bonds. The van der Waals surface area contributed by atoms with Crippen molar-refractivity contribution in [3.63, 3.8) is 0 Å². The van der Waals surface area contributed by atoms with Crippen LogP contribution in [-0.2, 0) is 32.3 Å². The summed E-state index contributed by atoms with van der Waals surface area (Å²) in [6.45, 7) is 3.99. The Morgan fingerprint density at radius 2 is 1.58 bits per heavy atom. The van der Waals surface area contributed by atoms with E-state index in [2.05, 4.69) is 5.32 Å². The zero-order valence-corrected chi connectivity index (χ0v) is 26.4. The zero-order chi connectivity index (χ0) is 32.1. The molecule has 0 aliphatic rings. The van der Waals surface area contributed by atoms with E-state index in [1.54, 1.807) is 39.0 Å². The first-order valence-electron chi connectivity index (χ1n) is 13.0. The summed E-state index contributed by atoms with van der Waals surface area (Å²) in [4.78, 5) is 28.1. The largest absolute Gasteiger partial charge is 0.417 e. The van der Waals surface area contributed by atoms with Gasteiger partial charge in [0.1, 0.15) is 12.6 Å². The summed E-state index contributed by atoms with van der Waals surface area (Å²) in [6.07, 6.45) is -4.76. The molecule has 0 saturated carbocycles. The van der Waals surface area contributed by atoms with Crippen molar-refractivity contribution in [3.8, 4) is 0 Å². The maximum Gasteiger partial charge on any atom is 0.417 e. The molecule has 3 rings (SSSR count). The number of alkyl halides is 3. The molecule has 0 aliphatic heterocycles. The molecular weight excluding hydrogens is 650 g/mol. The fourth-order valence-electron chi connectivity index (χ4n) is 4.27. The van der Waals surface area contributed by atoms with Gasteiger partial charge in [-0.2, -0.15) is 13.2 Å². The lowest BCUT2D eigenvalue weighted by atomic mass is 10.1. The van der Waals surface area contributed by atoms with E-state index in [4.69, 9.17) is 34.8 Å². The Kier molecular flexibility index (Phi) is 11.4. The van der Waals surface area contributed by atoms with E-state index in [9.17, 15) is 31.2 Å². The monoisotopic (exact) mass is 677 g/mol. The highest BCUT2D eigenvalue weighted by Crippen LogP contribution is 2.38. The van der Waals surface area contributed by atoms with Gasteiger partial charge in [-0.1, -0.05) is 66.0 Å². The highest BCUT2D eigenvalue weighted by atomic mass is 35.5. The van der Waals surface area contributed by atoms with E-state index in [0.29, 0.717) is 21.0 Å². The molecule has 3 aromatic carbocycles. The van der Waals surface area contributed by atoms with Gasteiger partial charge in [0, 0.05) is 22.6 Å². The van der Waals surface area contributed by atoms with E-state index in [-0.39, 0.29) is 28.9 Å². The second kappa shape index (κ2) is 14.2. The Hall–Kier alpha value is -2.99. The number of carbonyl (C=O) groups is 2. The van der Waals surface area contributed by atoms with Crippen molar-refractivity contribution in [2.45, 2.75) is 56.9 Å². The molecule has 43 heavy (non-hydrogen) atoms. The van der Waals surface area contributed by atoms with Gasteiger partial charge in [0.15, 0.2) is 0 Å². The highest BCUT2D eigenvalue weighted by Gasteiger charge is 2.37. The van der Waals surface area contributed by atoms with Crippen LogP contribution in [0.5, 0.6) is 0 Å². The molecule has 0 radical (unpaired) electrons. The minimum atomic E-state index is -4.90. The minimum Gasteiger partial charge on any atom is -0.352 e. The first kappa shape index (κ1) is 34.5. The molecule has 7 nitrogen and oxygen atoms in total. The van der Waals surface area contributed by atoms with Crippen molar-refractivity contribution < 1.29 is 31.2 Å². The van der Waals surface area contributed by atoms with Crippen molar-refractivity contribution >= 4 is 62.3 Å². The molecule has 0 spiro atoms. The summed E-state index contributed by atoms with van der Waals surface area (Å²) in [7, 11) is -4.58. The Morgan fingerprint density at radius 3 is 2.14 bits per heavy atom. The molecular formula is C29H29Cl3F3N3O4S.